The van der Waals surface area contributed by atoms with Crippen molar-refractivity contribution in [2.24, 2.45) is 0 Å². The molecule has 0 heteroatoms. The first-order valence-corrected chi connectivity index (χ1v) is 15.0. The fraction of sp³-hybridized carbons (Fsp3) is 0.364. The molecule has 5 rings (SSSR count). The second-order valence-corrected chi connectivity index (χ2v) is 12.9. The van der Waals surface area contributed by atoms with Crippen LogP contribution in [0.3, 0.4) is 0 Å². The van der Waals surface area contributed by atoms with Crippen molar-refractivity contribution in [2.75, 3.05) is 0 Å². The van der Waals surface area contributed by atoms with E-state index in [9.17, 15) is 0 Å². The molecule has 0 heterocycles. The first kappa shape index (κ1) is 40.4. The van der Waals surface area contributed by atoms with Crippen LogP contribution in [0.2, 0.25) is 0 Å². The Morgan fingerprint density at radius 3 is 0.977 bits per heavy atom. The number of aryl methyl sites for hydroxylation is 5. The molecule has 5 aromatic rings. The fourth-order valence-corrected chi connectivity index (χ4v) is 4.96. The number of fused-ring (bicyclic) bond motifs is 1. The normalized spacial score (nSPS) is 10.5. The van der Waals surface area contributed by atoms with Gasteiger partial charge in [0.1, 0.15) is 0 Å². The first-order chi connectivity index (χ1) is 19.3. The summed E-state index contributed by atoms with van der Waals surface area (Å²) in [6.45, 7) is 21.9. The van der Waals surface area contributed by atoms with Crippen LogP contribution in [-0.4, -0.2) is 0 Å². The number of benzene rings is 5. The summed E-state index contributed by atoms with van der Waals surface area (Å²) in [5.41, 5.74) is 11.2. The summed E-state index contributed by atoms with van der Waals surface area (Å²) in [7, 11) is 0. The largest absolute Gasteiger partial charge is 0.0776 e. The Bertz CT molecular complexity index is 1430. The molecule has 0 saturated carbocycles. The van der Waals surface area contributed by atoms with Crippen LogP contribution in [0, 0.1) is 34.6 Å². The topological polar surface area (TPSA) is 0 Å². The summed E-state index contributed by atoms with van der Waals surface area (Å²) in [6, 6.07) is 39.7. The van der Waals surface area contributed by atoms with Gasteiger partial charge in [0.05, 0.1) is 0 Å². The molecular formula is C44H62. The van der Waals surface area contributed by atoms with Crippen molar-refractivity contribution in [2.45, 2.75) is 109 Å². The molecule has 0 unspecified atom stereocenters. The highest BCUT2D eigenvalue weighted by molar-refractivity contribution is 5.83. The van der Waals surface area contributed by atoms with Gasteiger partial charge in [-0.15, -0.1) is 0 Å². The Kier molecular flexibility index (Phi) is 16.1. The lowest BCUT2D eigenvalue weighted by atomic mass is 9.74. The second kappa shape index (κ2) is 17.6. The summed E-state index contributed by atoms with van der Waals surface area (Å²) < 4.78 is 0. The molecule has 0 aliphatic heterocycles. The van der Waals surface area contributed by atoms with Crippen LogP contribution in [0.5, 0.6) is 0 Å². The van der Waals surface area contributed by atoms with Crippen LogP contribution < -0.4 is 0 Å². The third-order valence-electron chi connectivity index (χ3n) is 8.15. The number of rotatable bonds is 3. The van der Waals surface area contributed by atoms with Gasteiger partial charge in [0.25, 0.3) is 0 Å². The predicted molar refractivity (Wildman–Crippen MR) is 203 cm³/mol. The van der Waals surface area contributed by atoms with E-state index in [0.29, 0.717) is 0 Å². The van der Waals surface area contributed by atoms with Crippen molar-refractivity contribution in [3.05, 3.63) is 154 Å². The second-order valence-electron chi connectivity index (χ2n) is 12.9. The maximum absolute atomic E-state index is 2.34. The minimum absolute atomic E-state index is 0. The van der Waals surface area contributed by atoms with Crippen LogP contribution in [0.15, 0.2) is 109 Å². The van der Waals surface area contributed by atoms with E-state index in [1.807, 2.05) is 0 Å². The molecule has 0 saturated heterocycles. The van der Waals surface area contributed by atoms with Gasteiger partial charge in [-0.2, -0.15) is 0 Å². The molecule has 0 N–H and O–H groups in total. The van der Waals surface area contributed by atoms with E-state index in [-0.39, 0.29) is 33.1 Å². The molecular weight excluding hydrogens is 528 g/mol. The quantitative estimate of drug-likeness (QED) is 0.196. The minimum Gasteiger partial charge on any atom is -0.0776 e. The van der Waals surface area contributed by atoms with E-state index in [0.717, 1.165) is 6.42 Å². The van der Waals surface area contributed by atoms with Crippen LogP contribution in [0.25, 0.3) is 10.8 Å². The fourth-order valence-electron chi connectivity index (χ4n) is 4.96. The molecule has 0 bridgehead atoms. The molecule has 0 aliphatic carbocycles. The summed E-state index contributed by atoms with van der Waals surface area (Å²) in [6.07, 6.45) is 1.11. The van der Waals surface area contributed by atoms with Crippen molar-refractivity contribution >= 4 is 10.8 Å². The zero-order valence-corrected chi connectivity index (χ0v) is 27.1. The van der Waals surface area contributed by atoms with Crippen molar-refractivity contribution in [3.8, 4) is 0 Å². The third-order valence-corrected chi connectivity index (χ3v) is 8.15. The van der Waals surface area contributed by atoms with Gasteiger partial charge < -0.3 is 0 Å². The highest BCUT2D eigenvalue weighted by atomic mass is 14.3. The number of hydrogen-bond acceptors (Lipinski definition) is 0. The SMILES string of the molecule is C.C.C.CCC(C)(c1ccc(C)cc1)c1ccc(C)cc1.Cc1ccc(C(C)(C)C)cc1.Cc1ccc2ccc(C)cc2c1. The molecule has 0 amide bonds. The molecule has 0 spiro atoms. The third kappa shape index (κ3) is 11.1. The molecule has 0 aromatic heterocycles. The van der Waals surface area contributed by atoms with E-state index < -0.39 is 0 Å². The lowest BCUT2D eigenvalue weighted by Crippen LogP contribution is -2.22. The Morgan fingerprint density at radius 1 is 0.386 bits per heavy atom. The van der Waals surface area contributed by atoms with Crippen LogP contribution in [-0.2, 0) is 10.8 Å². The van der Waals surface area contributed by atoms with Crippen molar-refractivity contribution < 1.29 is 0 Å². The molecule has 5 aromatic carbocycles. The van der Waals surface area contributed by atoms with Crippen molar-refractivity contribution in [1.29, 1.82) is 0 Å². The first-order valence-electron chi connectivity index (χ1n) is 15.0. The Morgan fingerprint density at radius 2 is 0.682 bits per heavy atom. The number of hydrogen-bond donors (Lipinski definition) is 0. The van der Waals surface area contributed by atoms with Gasteiger partial charge in [0.15, 0.2) is 0 Å². The van der Waals surface area contributed by atoms with Gasteiger partial charge in [-0.3, -0.25) is 0 Å². The van der Waals surface area contributed by atoms with E-state index in [2.05, 4.69) is 178 Å². The van der Waals surface area contributed by atoms with Crippen molar-refractivity contribution in [1.82, 2.24) is 0 Å². The molecule has 0 radical (unpaired) electrons. The highest BCUT2D eigenvalue weighted by Gasteiger charge is 2.26. The van der Waals surface area contributed by atoms with Gasteiger partial charge in [-0.05, 0) is 73.9 Å². The summed E-state index contributed by atoms with van der Waals surface area (Å²) >= 11 is 0. The molecule has 0 nitrogen and oxygen atoms in total. The molecule has 0 aliphatic rings. The van der Waals surface area contributed by atoms with E-state index in [1.165, 1.54) is 55.3 Å². The van der Waals surface area contributed by atoms with Crippen LogP contribution in [0.4, 0.5) is 0 Å². The van der Waals surface area contributed by atoms with Crippen LogP contribution in [0.1, 0.15) is 108 Å². The average molecular weight is 591 g/mol. The Labute approximate surface area is 272 Å². The summed E-state index contributed by atoms with van der Waals surface area (Å²) in [5.74, 6) is 0. The minimum atomic E-state index is 0. The smallest absolute Gasteiger partial charge is 0.0172 e. The molecule has 238 valence electrons. The molecule has 44 heavy (non-hydrogen) atoms. The predicted octanol–water partition coefficient (Wildman–Crippen LogP) is 13.7. The van der Waals surface area contributed by atoms with Gasteiger partial charge in [0.2, 0.25) is 0 Å². The average Bonchev–Trinajstić information content (AvgIpc) is 2.93. The maximum Gasteiger partial charge on any atom is 0.0172 e. The zero-order chi connectivity index (χ0) is 30.2. The van der Waals surface area contributed by atoms with E-state index in [4.69, 9.17) is 0 Å². The Hall–Kier alpha value is -3.64. The van der Waals surface area contributed by atoms with E-state index in [1.54, 1.807) is 0 Å². The zero-order valence-electron chi connectivity index (χ0n) is 27.1. The van der Waals surface area contributed by atoms with Gasteiger partial charge in [0, 0.05) is 5.41 Å². The van der Waals surface area contributed by atoms with Gasteiger partial charge in [-0.25, -0.2) is 0 Å². The summed E-state index contributed by atoms with van der Waals surface area (Å²) in [5, 5.41) is 2.67. The lowest BCUT2D eigenvalue weighted by Gasteiger charge is -2.30. The molecule has 0 fully saturated rings. The van der Waals surface area contributed by atoms with Gasteiger partial charge >= 0.3 is 0 Å². The summed E-state index contributed by atoms with van der Waals surface area (Å²) in [4.78, 5) is 0. The maximum atomic E-state index is 2.34. The molecule has 0 atom stereocenters. The lowest BCUT2D eigenvalue weighted by molar-refractivity contribution is 0.549. The monoisotopic (exact) mass is 590 g/mol. The van der Waals surface area contributed by atoms with Gasteiger partial charge in [-0.1, -0.05) is 194 Å². The standard InChI is InChI=1S/C18H22.C12H12.C11H16.3CH4/c1-5-18(4,16-10-6-14(2)7-11-16)17-12-8-15(3)9-13-17;1-9-3-5-11-6-4-10(2)8-12(11)7-9;1-9-5-7-10(8-6-9)11(2,3)4;;;/h6-13H,5H2,1-4H3;3-8H,1-2H3;5-8H,1-4H3;3*1H4. The Balaban J connectivity index is 0.000000632. The highest BCUT2D eigenvalue weighted by Crippen LogP contribution is 2.35. The van der Waals surface area contributed by atoms with Crippen molar-refractivity contribution in [3.63, 3.8) is 0 Å². The van der Waals surface area contributed by atoms with E-state index >= 15 is 0 Å². The van der Waals surface area contributed by atoms with Crippen LogP contribution >= 0.6 is 0 Å².